The van der Waals surface area contributed by atoms with Crippen molar-refractivity contribution in [1.29, 1.82) is 5.26 Å². The topological polar surface area (TPSA) is 81.2 Å². The number of hydrogen-bond donors (Lipinski definition) is 1. The van der Waals surface area contributed by atoms with Crippen molar-refractivity contribution < 1.29 is 9.47 Å². The lowest BCUT2D eigenvalue weighted by atomic mass is 9.92. The van der Waals surface area contributed by atoms with Crippen LogP contribution in [0.1, 0.15) is 18.4 Å². The van der Waals surface area contributed by atoms with Gasteiger partial charge >= 0.3 is 0 Å². The van der Waals surface area contributed by atoms with Crippen molar-refractivity contribution in [3.05, 3.63) is 17.8 Å². The Balaban J connectivity index is 2.14. The van der Waals surface area contributed by atoms with Gasteiger partial charge in [0.25, 0.3) is 0 Å². The Labute approximate surface area is 93.8 Å². The van der Waals surface area contributed by atoms with Gasteiger partial charge in [-0.05, 0) is 12.8 Å². The summed E-state index contributed by atoms with van der Waals surface area (Å²) in [5, 5.41) is 8.89. The summed E-state index contributed by atoms with van der Waals surface area (Å²) in [6.45, 7) is 0. The number of ether oxygens (including phenoxy) is 2. The number of anilines is 1. The summed E-state index contributed by atoms with van der Waals surface area (Å²) < 4.78 is 10.9. The Kier molecular flexibility index (Phi) is 2.93. The van der Waals surface area contributed by atoms with Crippen LogP contribution in [0.5, 0.6) is 5.75 Å². The van der Waals surface area contributed by atoms with E-state index in [2.05, 4.69) is 4.98 Å². The SMILES string of the molecule is CO[C@@H]1CC[C@H]1Oc1cc(N)ncc1C#N. The molecular weight excluding hydrogens is 206 g/mol. The number of aromatic nitrogens is 1. The predicted octanol–water partition coefficient (Wildman–Crippen LogP) is 1.09. The highest BCUT2D eigenvalue weighted by molar-refractivity contribution is 5.47. The summed E-state index contributed by atoms with van der Waals surface area (Å²) in [6.07, 6.45) is 3.47. The van der Waals surface area contributed by atoms with Crippen LogP contribution < -0.4 is 10.5 Å². The molecule has 0 radical (unpaired) electrons. The van der Waals surface area contributed by atoms with Crippen LogP contribution in [0.3, 0.4) is 0 Å². The van der Waals surface area contributed by atoms with E-state index in [1.54, 1.807) is 13.2 Å². The molecule has 1 aromatic rings. The summed E-state index contributed by atoms with van der Waals surface area (Å²) >= 11 is 0. The Hall–Kier alpha value is -1.80. The third-order valence-electron chi connectivity index (χ3n) is 2.74. The van der Waals surface area contributed by atoms with Crippen molar-refractivity contribution >= 4 is 5.82 Å². The first-order valence-corrected chi connectivity index (χ1v) is 5.09. The number of nitriles is 1. The highest BCUT2D eigenvalue weighted by atomic mass is 16.5. The van der Waals surface area contributed by atoms with E-state index in [0.717, 1.165) is 12.8 Å². The number of nitrogens with zero attached hydrogens (tertiary/aromatic N) is 2. The molecule has 0 aromatic carbocycles. The third-order valence-corrected chi connectivity index (χ3v) is 2.74. The lowest BCUT2D eigenvalue weighted by Crippen LogP contribution is -2.42. The van der Waals surface area contributed by atoms with E-state index in [9.17, 15) is 0 Å². The zero-order chi connectivity index (χ0) is 11.5. The monoisotopic (exact) mass is 219 g/mol. The zero-order valence-electron chi connectivity index (χ0n) is 9.01. The van der Waals surface area contributed by atoms with E-state index < -0.39 is 0 Å². The van der Waals surface area contributed by atoms with E-state index in [-0.39, 0.29) is 12.2 Å². The van der Waals surface area contributed by atoms with Gasteiger partial charge in [-0.1, -0.05) is 0 Å². The van der Waals surface area contributed by atoms with E-state index in [1.165, 1.54) is 6.20 Å². The van der Waals surface area contributed by atoms with Crippen molar-refractivity contribution in [1.82, 2.24) is 4.98 Å². The van der Waals surface area contributed by atoms with Crippen LogP contribution in [0.2, 0.25) is 0 Å². The molecule has 1 saturated carbocycles. The van der Waals surface area contributed by atoms with Gasteiger partial charge in [0.15, 0.2) is 0 Å². The second-order valence-electron chi connectivity index (χ2n) is 3.72. The highest BCUT2D eigenvalue weighted by Gasteiger charge is 2.33. The van der Waals surface area contributed by atoms with Gasteiger partial charge in [-0.15, -0.1) is 0 Å². The number of hydrogen-bond acceptors (Lipinski definition) is 5. The van der Waals surface area contributed by atoms with Crippen molar-refractivity contribution in [2.45, 2.75) is 25.0 Å². The molecule has 0 amide bonds. The van der Waals surface area contributed by atoms with Gasteiger partial charge in [-0.3, -0.25) is 0 Å². The minimum Gasteiger partial charge on any atom is -0.486 e. The zero-order valence-corrected chi connectivity index (χ0v) is 9.01. The minimum atomic E-state index is 0.0129. The van der Waals surface area contributed by atoms with Crippen LogP contribution in [-0.2, 0) is 4.74 Å². The largest absolute Gasteiger partial charge is 0.486 e. The number of methoxy groups -OCH3 is 1. The van der Waals surface area contributed by atoms with Crippen LogP contribution in [0.15, 0.2) is 12.3 Å². The second-order valence-corrected chi connectivity index (χ2v) is 3.72. The molecule has 84 valence electrons. The smallest absolute Gasteiger partial charge is 0.142 e. The van der Waals surface area contributed by atoms with Crippen molar-refractivity contribution in [3.8, 4) is 11.8 Å². The average Bonchev–Trinajstić information content (AvgIpc) is 2.25. The molecule has 2 atom stereocenters. The number of nitrogens with two attached hydrogens (primary N) is 1. The molecule has 16 heavy (non-hydrogen) atoms. The fourth-order valence-corrected chi connectivity index (χ4v) is 1.64. The standard InChI is InChI=1S/C11H13N3O2/c1-15-8-2-3-9(8)16-10-4-11(13)14-6-7(10)5-12/h4,6,8-9H,2-3H2,1H3,(H2,13,14)/t8-,9-/m1/s1. The van der Waals surface area contributed by atoms with Crippen molar-refractivity contribution in [2.75, 3.05) is 12.8 Å². The van der Waals surface area contributed by atoms with Crippen LogP contribution in [-0.4, -0.2) is 24.3 Å². The maximum Gasteiger partial charge on any atom is 0.142 e. The molecule has 5 nitrogen and oxygen atoms in total. The van der Waals surface area contributed by atoms with Gasteiger partial charge in [0, 0.05) is 13.2 Å². The molecule has 0 saturated heterocycles. The molecule has 0 unspecified atom stereocenters. The summed E-state index contributed by atoms with van der Waals surface area (Å²) in [5.74, 6) is 0.837. The Bertz CT molecular complexity index is 426. The number of nitrogen functional groups attached to an aromatic ring is 1. The van der Waals surface area contributed by atoms with Gasteiger partial charge in [0.2, 0.25) is 0 Å². The molecule has 1 aromatic heterocycles. The van der Waals surface area contributed by atoms with Crippen LogP contribution in [0.4, 0.5) is 5.82 Å². The minimum absolute atomic E-state index is 0.0129. The summed E-state index contributed by atoms with van der Waals surface area (Å²) in [4.78, 5) is 3.84. The van der Waals surface area contributed by atoms with E-state index in [1.807, 2.05) is 6.07 Å². The van der Waals surface area contributed by atoms with Crippen molar-refractivity contribution in [2.24, 2.45) is 0 Å². The lowest BCUT2D eigenvalue weighted by molar-refractivity contribution is -0.0626. The summed E-state index contributed by atoms with van der Waals surface area (Å²) in [7, 11) is 1.66. The molecule has 1 heterocycles. The van der Waals surface area contributed by atoms with Gasteiger partial charge < -0.3 is 15.2 Å². The van der Waals surface area contributed by atoms with E-state index in [4.69, 9.17) is 20.5 Å². The molecular formula is C11H13N3O2. The molecule has 2 N–H and O–H groups in total. The van der Waals surface area contributed by atoms with Crippen molar-refractivity contribution in [3.63, 3.8) is 0 Å². The maximum atomic E-state index is 8.89. The molecule has 1 fully saturated rings. The molecule has 0 bridgehead atoms. The first-order valence-electron chi connectivity index (χ1n) is 5.09. The quantitative estimate of drug-likeness (QED) is 0.823. The lowest BCUT2D eigenvalue weighted by Gasteiger charge is -2.35. The summed E-state index contributed by atoms with van der Waals surface area (Å²) in [5.41, 5.74) is 5.95. The van der Waals surface area contributed by atoms with Crippen LogP contribution >= 0.6 is 0 Å². The Morgan fingerprint density at radius 2 is 2.25 bits per heavy atom. The average molecular weight is 219 g/mol. The normalized spacial score (nSPS) is 23.2. The number of pyridine rings is 1. The van der Waals surface area contributed by atoms with Crippen LogP contribution in [0.25, 0.3) is 0 Å². The Morgan fingerprint density at radius 1 is 1.50 bits per heavy atom. The highest BCUT2D eigenvalue weighted by Crippen LogP contribution is 2.30. The Morgan fingerprint density at radius 3 is 2.81 bits per heavy atom. The van der Waals surface area contributed by atoms with Gasteiger partial charge in [-0.25, -0.2) is 4.98 Å². The molecule has 0 spiro atoms. The fraction of sp³-hybridized carbons (Fsp3) is 0.455. The first kappa shape index (κ1) is 10.7. The maximum absolute atomic E-state index is 8.89. The number of rotatable bonds is 3. The molecule has 1 aliphatic rings. The molecule has 0 aliphatic heterocycles. The van der Waals surface area contributed by atoms with Gasteiger partial charge in [-0.2, -0.15) is 5.26 Å². The van der Waals surface area contributed by atoms with E-state index in [0.29, 0.717) is 17.1 Å². The fourth-order valence-electron chi connectivity index (χ4n) is 1.64. The predicted molar refractivity (Wildman–Crippen MR) is 57.8 cm³/mol. The second kappa shape index (κ2) is 4.37. The molecule has 2 rings (SSSR count). The van der Waals surface area contributed by atoms with Gasteiger partial charge in [0.1, 0.15) is 29.3 Å². The van der Waals surface area contributed by atoms with Crippen LogP contribution in [0, 0.1) is 11.3 Å². The van der Waals surface area contributed by atoms with Gasteiger partial charge in [0.05, 0.1) is 12.3 Å². The van der Waals surface area contributed by atoms with E-state index >= 15 is 0 Å². The molecule has 1 aliphatic carbocycles. The molecule has 5 heteroatoms. The summed E-state index contributed by atoms with van der Waals surface area (Å²) in [6, 6.07) is 3.60. The first-order chi connectivity index (χ1) is 7.74. The third kappa shape index (κ3) is 1.92.